The Morgan fingerprint density at radius 3 is 2.31 bits per heavy atom. The summed E-state index contributed by atoms with van der Waals surface area (Å²) < 4.78 is -0.750. The molecule has 0 spiro atoms. The number of phenolic OH excluding ortho intramolecular Hbond substituents is 2. The lowest BCUT2D eigenvalue weighted by Crippen LogP contribution is -2.37. The fraction of sp³-hybridized carbons (Fsp3) is 0.0357. The quantitative estimate of drug-likeness (QED) is 0.164. The smallest absolute Gasteiger partial charge is 0.335 e. The van der Waals surface area contributed by atoms with Crippen molar-refractivity contribution < 1.29 is 20.1 Å². The van der Waals surface area contributed by atoms with Crippen LogP contribution < -0.4 is 4.65 Å². The maximum Gasteiger partial charge on any atom is 0.335 e. The average molecular weight is 479 g/mol. The molecule has 178 valence electrons. The van der Waals surface area contributed by atoms with Crippen LogP contribution in [0.15, 0.2) is 101 Å². The summed E-state index contributed by atoms with van der Waals surface area (Å²) in [5.74, 6) is -1.40. The highest BCUT2D eigenvalue weighted by atomic mass is 16.5. The molecule has 1 aliphatic heterocycles. The van der Waals surface area contributed by atoms with Crippen LogP contribution in [0.1, 0.15) is 21.5 Å². The van der Waals surface area contributed by atoms with E-state index >= 15 is 0 Å². The molecule has 8 heteroatoms. The SMILES string of the molecule is O=C(O)c1cccc(-c2cccc(N=Nc3ccc4c(c3O)C[N+]([O-])(c3ccccc3)C=C4)c2O)c1. The number of carbonyl (C=O) groups is 1. The lowest BCUT2D eigenvalue weighted by Gasteiger charge is -2.40. The molecule has 8 nitrogen and oxygen atoms in total. The van der Waals surface area contributed by atoms with Crippen LogP contribution in [0, 0.1) is 5.21 Å². The van der Waals surface area contributed by atoms with Gasteiger partial charge in [0.05, 0.1) is 11.1 Å². The van der Waals surface area contributed by atoms with Gasteiger partial charge >= 0.3 is 5.97 Å². The molecule has 0 bridgehead atoms. The molecule has 0 aromatic heterocycles. The van der Waals surface area contributed by atoms with Crippen LogP contribution in [0.5, 0.6) is 11.5 Å². The third-order valence-corrected chi connectivity index (χ3v) is 6.08. The van der Waals surface area contributed by atoms with E-state index < -0.39 is 10.6 Å². The number of hydrogen-bond acceptors (Lipinski definition) is 6. The van der Waals surface area contributed by atoms with Gasteiger partial charge in [0, 0.05) is 5.56 Å². The summed E-state index contributed by atoms with van der Waals surface area (Å²) >= 11 is 0. The number of benzene rings is 4. The highest BCUT2D eigenvalue weighted by Gasteiger charge is 2.27. The van der Waals surface area contributed by atoms with Gasteiger partial charge in [0.2, 0.25) is 0 Å². The first-order valence-corrected chi connectivity index (χ1v) is 11.1. The molecular formula is C28H21N3O5. The Hall–Kier alpha value is -4.79. The Kier molecular flexibility index (Phi) is 5.81. The van der Waals surface area contributed by atoms with E-state index in [1.165, 1.54) is 12.1 Å². The molecule has 4 aromatic rings. The molecule has 36 heavy (non-hydrogen) atoms. The summed E-state index contributed by atoms with van der Waals surface area (Å²) in [5, 5.41) is 52.6. The first-order chi connectivity index (χ1) is 17.4. The number of phenols is 2. The van der Waals surface area contributed by atoms with E-state index in [0.29, 0.717) is 22.4 Å². The number of aromatic hydroxyl groups is 2. The van der Waals surface area contributed by atoms with Crippen LogP contribution in [0.2, 0.25) is 0 Å². The number of hydroxylamine groups is 2. The largest absolute Gasteiger partial charge is 0.622 e. The fourth-order valence-electron chi connectivity index (χ4n) is 4.16. The molecule has 0 aliphatic carbocycles. The van der Waals surface area contributed by atoms with Crippen LogP contribution in [-0.4, -0.2) is 21.3 Å². The topological polar surface area (TPSA) is 126 Å². The zero-order valence-corrected chi connectivity index (χ0v) is 18.9. The predicted octanol–water partition coefficient (Wildman–Crippen LogP) is 6.87. The first-order valence-electron chi connectivity index (χ1n) is 11.1. The lowest BCUT2D eigenvalue weighted by atomic mass is 10.0. The van der Waals surface area contributed by atoms with Crippen LogP contribution in [0.4, 0.5) is 17.1 Å². The van der Waals surface area contributed by atoms with Crippen molar-refractivity contribution in [3.63, 3.8) is 0 Å². The summed E-state index contributed by atoms with van der Waals surface area (Å²) in [6, 6.07) is 23.3. The number of hydrogen-bond donors (Lipinski definition) is 3. The molecular weight excluding hydrogens is 458 g/mol. The number of rotatable bonds is 5. The van der Waals surface area contributed by atoms with Crippen molar-refractivity contribution in [1.29, 1.82) is 0 Å². The number of nitrogens with zero attached hydrogens (tertiary/aromatic N) is 3. The summed E-state index contributed by atoms with van der Waals surface area (Å²) in [6.07, 6.45) is 3.22. The highest BCUT2D eigenvalue weighted by Crippen LogP contribution is 2.42. The van der Waals surface area contributed by atoms with E-state index in [1.54, 1.807) is 79.0 Å². The summed E-state index contributed by atoms with van der Waals surface area (Å²) in [7, 11) is 0. The van der Waals surface area contributed by atoms with Gasteiger partial charge in [0.25, 0.3) is 0 Å². The molecule has 0 radical (unpaired) electrons. The average Bonchev–Trinajstić information content (AvgIpc) is 2.90. The van der Waals surface area contributed by atoms with Gasteiger partial charge < -0.3 is 20.5 Å². The summed E-state index contributed by atoms with van der Waals surface area (Å²) in [5.41, 5.74) is 3.01. The third kappa shape index (κ3) is 4.22. The maximum absolute atomic E-state index is 13.4. The van der Waals surface area contributed by atoms with Gasteiger partial charge in [-0.2, -0.15) is 0 Å². The number of aromatic carboxylic acids is 1. The van der Waals surface area contributed by atoms with Crippen LogP contribution in [-0.2, 0) is 6.54 Å². The second-order valence-electron chi connectivity index (χ2n) is 8.37. The van der Waals surface area contributed by atoms with Crippen LogP contribution in [0.3, 0.4) is 0 Å². The molecule has 4 aromatic carbocycles. The monoisotopic (exact) mass is 479 g/mol. The van der Waals surface area contributed by atoms with Gasteiger partial charge in [0.1, 0.15) is 29.8 Å². The molecule has 0 fully saturated rings. The van der Waals surface area contributed by atoms with Crippen molar-refractivity contribution in [2.24, 2.45) is 10.2 Å². The Bertz CT molecular complexity index is 1530. The molecule has 0 amide bonds. The lowest BCUT2D eigenvalue weighted by molar-refractivity contribution is 0.0697. The molecule has 1 aliphatic rings. The van der Waals surface area contributed by atoms with E-state index in [4.69, 9.17) is 0 Å². The molecule has 3 N–H and O–H groups in total. The van der Waals surface area contributed by atoms with Gasteiger partial charge in [0.15, 0.2) is 11.5 Å². The van der Waals surface area contributed by atoms with Gasteiger partial charge in [-0.05, 0) is 53.6 Å². The van der Waals surface area contributed by atoms with Crippen LogP contribution in [0.25, 0.3) is 17.2 Å². The van der Waals surface area contributed by atoms with Crippen molar-refractivity contribution in [2.75, 3.05) is 0 Å². The Labute approximate surface area is 206 Å². The van der Waals surface area contributed by atoms with Crippen molar-refractivity contribution in [2.45, 2.75) is 6.54 Å². The van der Waals surface area contributed by atoms with E-state index in [9.17, 15) is 25.3 Å². The Morgan fingerprint density at radius 1 is 0.833 bits per heavy atom. The molecule has 0 saturated heterocycles. The van der Waals surface area contributed by atoms with Crippen molar-refractivity contribution in [1.82, 2.24) is 4.65 Å². The highest BCUT2D eigenvalue weighted by molar-refractivity contribution is 5.90. The van der Waals surface area contributed by atoms with E-state index in [-0.39, 0.29) is 35.0 Å². The van der Waals surface area contributed by atoms with E-state index in [2.05, 4.69) is 10.2 Å². The molecule has 0 saturated carbocycles. The number of fused-ring (bicyclic) bond motifs is 1. The fourth-order valence-corrected chi connectivity index (χ4v) is 4.16. The normalized spacial score (nSPS) is 16.7. The standard InChI is InChI=1S/C28H21N3O5/c32-26-22(19-6-4-7-20(16-19)28(34)35)10-5-11-24(26)29-30-25-13-12-18-14-15-31(36,17-23(18)27(25)33)21-8-2-1-3-9-21/h1-16,32-33H,17H2,(H,34,35). The number of azo groups is 1. The molecule has 1 atom stereocenters. The van der Waals surface area contributed by atoms with Gasteiger partial charge in [-0.1, -0.05) is 48.5 Å². The van der Waals surface area contributed by atoms with Gasteiger partial charge in [-0.3, -0.25) is 4.65 Å². The van der Waals surface area contributed by atoms with Crippen LogP contribution >= 0.6 is 0 Å². The van der Waals surface area contributed by atoms with Crippen molar-refractivity contribution in [3.8, 4) is 22.6 Å². The van der Waals surface area contributed by atoms with E-state index in [1.807, 2.05) is 6.07 Å². The number of carboxylic acids is 1. The summed E-state index contributed by atoms with van der Waals surface area (Å²) in [4.78, 5) is 11.3. The Morgan fingerprint density at radius 2 is 1.56 bits per heavy atom. The molecule has 5 rings (SSSR count). The number of para-hydroxylation sites is 2. The summed E-state index contributed by atoms with van der Waals surface area (Å²) in [6.45, 7) is -0.00824. The minimum atomic E-state index is -1.07. The minimum absolute atomic E-state index is 0.00824. The zero-order chi connectivity index (χ0) is 25.3. The number of quaternary nitrogens is 1. The third-order valence-electron chi connectivity index (χ3n) is 6.08. The second-order valence-corrected chi connectivity index (χ2v) is 8.37. The second kappa shape index (κ2) is 9.10. The van der Waals surface area contributed by atoms with E-state index in [0.717, 1.165) is 5.56 Å². The minimum Gasteiger partial charge on any atom is -0.622 e. The molecule has 1 unspecified atom stereocenters. The van der Waals surface area contributed by atoms with Crippen molar-refractivity contribution >= 4 is 29.1 Å². The van der Waals surface area contributed by atoms with Gasteiger partial charge in [-0.25, -0.2) is 4.79 Å². The molecule has 1 heterocycles. The maximum atomic E-state index is 13.4. The predicted molar refractivity (Wildman–Crippen MR) is 137 cm³/mol. The first kappa shape index (κ1) is 23.0. The number of carboxylic acid groups (broad SMARTS) is 1. The Balaban J connectivity index is 1.47. The zero-order valence-electron chi connectivity index (χ0n) is 18.9. The van der Waals surface area contributed by atoms with Crippen molar-refractivity contribution in [3.05, 3.63) is 113 Å². The van der Waals surface area contributed by atoms with Gasteiger partial charge in [-0.15, -0.1) is 10.2 Å².